The fourth-order valence-electron chi connectivity index (χ4n) is 1.69. The van der Waals surface area contributed by atoms with Crippen molar-refractivity contribution < 1.29 is 9.26 Å². The normalized spacial score (nSPS) is 14.2. The summed E-state index contributed by atoms with van der Waals surface area (Å²) < 4.78 is 10.7. The Morgan fingerprint density at radius 2 is 2.25 bits per heavy atom. The number of halogens is 1. The van der Waals surface area contributed by atoms with E-state index in [1.54, 1.807) is 12.1 Å². The van der Waals surface area contributed by atoms with Crippen LogP contribution in [-0.2, 0) is 10.3 Å². The lowest BCUT2D eigenvalue weighted by molar-refractivity contribution is 0.0867. The third-order valence-electron chi connectivity index (χ3n) is 2.76. The maximum absolute atomic E-state index is 6.16. The smallest absolute Gasteiger partial charge is 0.258 e. The summed E-state index contributed by atoms with van der Waals surface area (Å²) in [6.07, 6.45) is 0.941. The second kappa shape index (κ2) is 6.35. The van der Waals surface area contributed by atoms with Crippen LogP contribution in [-0.4, -0.2) is 23.4 Å². The zero-order chi connectivity index (χ0) is 14.6. The highest BCUT2D eigenvalue weighted by Gasteiger charge is 2.28. The molecule has 6 heteroatoms. The molecule has 2 aromatic rings. The summed E-state index contributed by atoms with van der Waals surface area (Å²) in [6.45, 7) is 4.86. The highest BCUT2D eigenvalue weighted by molar-refractivity contribution is 6.30. The molecule has 0 aliphatic rings. The first-order valence-corrected chi connectivity index (χ1v) is 6.87. The maximum Gasteiger partial charge on any atom is 0.258 e. The summed E-state index contributed by atoms with van der Waals surface area (Å²) >= 11 is 5.94. The number of aromatic nitrogens is 2. The van der Waals surface area contributed by atoms with Crippen molar-refractivity contribution in [3.63, 3.8) is 0 Å². The van der Waals surface area contributed by atoms with Gasteiger partial charge in [0.15, 0.2) is 5.82 Å². The first-order valence-electron chi connectivity index (χ1n) is 6.49. The number of ether oxygens (including phenoxy) is 1. The number of rotatable bonds is 6. The zero-order valence-corrected chi connectivity index (χ0v) is 12.4. The molecule has 2 rings (SSSR count). The number of benzene rings is 1. The molecule has 0 saturated heterocycles. The topological polar surface area (TPSA) is 74.2 Å². The summed E-state index contributed by atoms with van der Waals surface area (Å²) in [5, 5.41) is 4.55. The molecule has 0 aliphatic carbocycles. The van der Waals surface area contributed by atoms with Crippen LogP contribution < -0.4 is 5.73 Å². The molecule has 5 nitrogen and oxygen atoms in total. The third-order valence-corrected chi connectivity index (χ3v) is 2.99. The molecule has 1 heterocycles. The van der Waals surface area contributed by atoms with Gasteiger partial charge in [0, 0.05) is 17.2 Å². The molecule has 20 heavy (non-hydrogen) atoms. The van der Waals surface area contributed by atoms with Gasteiger partial charge in [-0.1, -0.05) is 29.7 Å². The van der Waals surface area contributed by atoms with Gasteiger partial charge in [-0.2, -0.15) is 4.98 Å². The molecule has 0 radical (unpaired) electrons. The first-order chi connectivity index (χ1) is 9.53. The SMILES string of the molecule is CCCOCC(C)(N)c1noc(-c2cccc(Cl)c2)n1. The van der Waals surface area contributed by atoms with Gasteiger partial charge >= 0.3 is 0 Å². The van der Waals surface area contributed by atoms with Crippen LogP contribution in [0.3, 0.4) is 0 Å². The van der Waals surface area contributed by atoms with E-state index in [4.69, 9.17) is 26.6 Å². The Morgan fingerprint density at radius 3 is 2.95 bits per heavy atom. The average Bonchev–Trinajstić information content (AvgIpc) is 2.89. The van der Waals surface area contributed by atoms with E-state index >= 15 is 0 Å². The van der Waals surface area contributed by atoms with Crippen molar-refractivity contribution in [3.8, 4) is 11.5 Å². The van der Waals surface area contributed by atoms with Crippen LogP contribution in [0.1, 0.15) is 26.1 Å². The minimum atomic E-state index is -0.782. The van der Waals surface area contributed by atoms with E-state index in [-0.39, 0.29) is 0 Å². The molecule has 0 spiro atoms. The van der Waals surface area contributed by atoms with Crippen LogP contribution in [0.15, 0.2) is 28.8 Å². The minimum absolute atomic E-state index is 0.343. The van der Waals surface area contributed by atoms with Crippen LogP contribution in [0.4, 0.5) is 0 Å². The Hall–Kier alpha value is -1.43. The van der Waals surface area contributed by atoms with Crippen LogP contribution in [0.2, 0.25) is 5.02 Å². The van der Waals surface area contributed by atoms with E-state index in [1.807, 2.05) is 26.0 Å². The Morgan fingerprint density at radius 1 is 1.45 bits per heavy atom. The van der Waals surface area contributed by atoms with Gasteiger partial charge in [0.25, 0.3) is 5.89 Å². The van der Waals surface area contributed by atoms with Crippen molar-refractivity contribution >= 4 is 11.6 Å². The second-order valence-corrected chi connectivity index (χ2v) is 5.34. The molecule has 0 fully saturated rings. The molecule has 0 bridgehead atoms. The van der Waals surface area contributed by atoms with E-state index in [9.17, 15) is 0 Å². The van der Waals surface area contributed by atoms with Gasteiger partial charge in [0.1, 0.15) is 5.54 Å². The quantitative estimate of drug-likeness (QED) is 0.829. The lowest BCUT2D eigenvalue weighted by atomic mass is 10.1. The summed E-state index contributed by atoms with van der Waals surface area (Å²) in [5.41, 5.74) is 6.15. The molecule has 1 aromatic heterocycles. The van der Waals surface area contributed by atoms with E-state index in [1.165, 1.54) is 0 Å². The maximum atomic E-state index is 6.16. The van der Waals surface area contributed by atoms with Gasteiger partial charge in [0.05, 0.1) is 6.61 Å². The van der Waals surface area contributed by atoms with E-state index in [2.05, 4.69) is 10.1 Å². The average molecular weight is 296 g/mol. The minimum Gasteiger partial charge on any atom is -0.379 e. The molecule has 0 amide bonds. The Balaban J connectivity index is 2.16. The fraction of sp³-hybridized carbons (Fsp3) is 0.429. The van der Waals surface area contributed by atoms with Crippen LogP contribution in [0.25, 0.3) is 11.5 Å². The standard InChI is InChI=1S/C14H18ClN3O2/c1-3-7-19-9-14(2,16)13-17-12(20-18-13)10-5-4-6-11(15)8-10/h4-6,8H,3,7,9,16H2,1-2H3. The molecule has 1 unspecified atom stereocenters. The molecular weight excluding hydrogens is 278 g/mol. The van der Waals surface area contributed by atoms with E-state index in [0.717, 1.165) is 12.0 Å². The predicted molar refractivity (Wildman–Crippen MR) is 77.4 cm³/mol. The molecule has 108 valence electrons. The lowest BCUT2D eigenvalue weighted by Crippen LogP contribution is -2.39. The summed E-state index contributed by atoms with van der Waals surface area (Å²) in [4.78, 5) is 4.33. The largest absolute Gasteiger partial charge is 0.379 e. The highest BCUT2D eigenvalue weighted by atomic mass is 35.5. The lowest BCUT2D eigenvalue weighted by Gasteiger charge is -2.19. The van der Waals surface area contributed by atoms with Gasteiger partial charge < -0.3 is 15.0 Å². The van der Waals surface area contributed by atoms with Crippen molar-refractivity contribution in [2.24, 2.45) is 5.73 Å². The summed E-state index contributed by atoms with van der Waals surface area (Å²) in [6, 6.07) is 7.23. The van der Waals surface area contributed by atoms with Crippen LogP contribution in [0, 0.1) is 0 Å². The van der Waals surface area contributed by atoms with Gasteiger partial charge in [-0.3, -0.25) is 0 Å². The molecule has 2 N–H and O–H groups in total. The van der Waals surface area contributed by atoms with Crippen molar-refractivity contribution in [3.05, 3.63) is 35.1 Å². The fourth-order valence-corrected chi connectivity index (χ4v) is 1.88. The van der Waals surface area contributed by atoms with Crippen molar-refractivity contribution in [2.75, 3.05) is 13.2 Å². The van der Waals surface area contributed by atoms with Crippen molar-refractivity contribution in [1.29, 1.82) is 0 Å². The van der Waals surface area contributed by atoms with Crippen LogP contribution in [0.5, 0.6) is 0 Å². The number of nitrogens with two attached hydrogens (primary N) is 1. The van der Waals surface area contributed by atoms with Gasteiger partial charge in [0.2, 0.25) is 0 Å². The van der Waals surface area contributed by atoms with E-state index in [0.29, 0.717) is 30.0 Å². The molecule has 0 saturated carbocycles. The zero-order valence-electron chi connectivity index (χ0n) is 11.6. The number of nitrogens with zero attached hydrogens (tertiary/aromatic N) is 2. The van der Waals surface area contributed by atoms with Gasteiger partial charge in [-0.15, -0.1) is 0 Å². The number of hydrogen-bond donors (Lipinski definition) is 1. The Bertz CT molecular complexity index is 569. The van der Waals surface area contributed by atoms with Crippen LogP contribution >= 0.6 is 11.6 Å². The Kier molecular flexibility index (Phi) is 4.75. The van der Waals surface area contributed by atoms with Crippen molar-refractivity contribution in [2.45, 2.75) is 25.8 Å². The Labute approximate surface area is 123 Å². The highest BCUT2D eigenvalue weighted by Crippen LogP contribution is 2.23. The van der Waals surface area contributed by atoms with Gasteiger partial charge in [-0.05, 0) is 31.5 Å². The second-order valence-electron chi connectivity index (χ2n) is 4.90. The number of hydrogen-bond acceptors (Lipinski definition) is 5. The first kappa shape index (κ1) is 15.0. The molecular formula is C14H18ClN3O2. The molecule has 0 aliphatic heterocycles. The predicted octanol–water partition coefficient (Wildman–Crippen LogP) is 2.99. The summed E-state index contributed by atoms with van der Waals surface area (Å²) in [7, 11) is 0. The van der Waals surface area contributed by atoms with Gasteiger partial charge in [-0.25, -0.2) is 0 Å². The summed E-state index contributed by atoms with van der Waals surface area (Å²) in [5.74, 6) is 0.818. The monoisotopic (exact) mass is 295 g/mol. The van der Waals surface area contributed by atoms with E-state index < -0.39 is 5.54 Å². The molecule has 1 aromatic carbocycles. The van der Waals surface area contributed by atoms with Crippen molar-refractivity contribution in [1.82, 2.24) is 10.1 Å². The third kappa shape index (κ3) is 3.56. The molecule has 1 atom stereocenters.